The molecule has 1 amide bonds. The molecular weight excluding hydrogens is 332 g/mol. The van der Waals surface area contributed by atoms with E-state index in [-0.39, 0.29) is 24.0 Å². The summed E-state index contributed by atoms with van der Waals surface area (Å²) < 4.78 is 22.7. The van der Waals surface area contributed by atoms with Crippen LogP contribution in [0.3, 0.4) is 0 Å². The quantitative estimate of drug-likeness (QED) is 0.921. The second-order valence-electron chi connectivity index (χ2n) is 5.50. The summed E-state index contributed by atoms with van der Waals surface area (Å²) in [6.07, 6.45) is 1.76. The van der Waals surface area contributed by atoms with Gasteiger partial charge in [0.05, 0.1) is 16.5 Å². The van der Waals surface area contributed by atoms with Crippen molar-refractivity contribution in [3.05, 3.63) is 46.1 Å². The zero-order valence-electron chi connectivity index (χ0n) is 12.5. The van der Waals surface area contributed by atoms with E-state index in [4.69, 9.17) is 0 Å². The van der Waals surface area contributed by atoms with Crippen LogP contribution in [-0.4, -0.2) is 25.1 Å². The number of hydrogen-bond donors (Lipinski definition) is 1. The zero-order chi connectivity index (χ0) is 16.4. The van der Waals surface area contributed by atoms with Crippen molar-refractivity contribution < 1.29 is 13.2 Å². The topological polar surface area (TPSA) is 76.1 Å². The van der Waals surface area contributed by atoms with Crippen molar-refractivity contribution in [2.45, 2.75) is 13.3 Å². The molecule has 1 aromatic heterocycles. The second kappa shape index (κ2) is 6.25. The Balaban J connectivity index is 1.60. The smallest absolute Gasteiger partial charge is 0.224 e. The first-order valence-corrected chi connectivity index (χ1v) is 9.74. The first-order valence-electron chi connectivity index (χ1n) is 7.15. The summed E-state index contributed by atoms with van der Waals surface area (Å²) in [4.78, 5) is 16.4. The lowest BCUT2D eigenvalue weighted by atomic mass is 10.1. The van der Waals surface area contributed by atoms with Crippen molar-refractivity contribution in [3.63, 3.8) is 0 Å². The van der Waals surface area contributed by atoms with E-state index in [2.05, 4.69) is 10.3 Å². The minimum Gasteiger partial charge on any atom is -0.326 e. The van der Waals surface area contributed by atoms with E-state index in [0.29, 0.717) is 5.69 Å². The molecule has 1 atom stereocenters. The van der Waals surface area contributed by atoms with E-state index >= 15 is 0 Å². The average Bonchev–Trinajstić information content (AvgIpc) is 3.05. The molecule has 3 rings (SSSR count). The van der Waals surface area contributed by atoms with Crippen LogP contribution in [0, 0.1) is 12.8 Å². The summed E-state index contributed by atoms with van der Waals surface area (Å²) in [6.45, 7) is 1.96. The van der Waals surface area contributed by atoms with Gasteiger partial charge in [-0.25, -0.2) is 13.4 Å². The van der Waals surface area contributed by atoms with Gasteiger partial charge in [-0.1, -0.05) is 18.2 Å². The van der Waals surface area contributed by atoms with E-state index < -0.39 is 9.84 Å². The number of amides is 1. The van der Waals surface area contributed by atoms with Crippen molar-refractivity contribution in [2.75, 3.05) is 11.1 Å². The molecule has 0 saturated carbocycles. The number of thiazole rings is 1. The van der Waals surface area contributed by atoms with Gasteiger partial charge in [-0.15, -0.1) is 11.3 Å². The number of carbonyl (C=O) groups is 1. The monoisotopic (exact) mass is 348 g/mol. The molecule has 2 aromatic rings. The molecule has 23 heavy (non-hydrogen) atoms. The van der Waals surface area contributed by atoms with Crippen LogP contribution in [0.5, 0.6) is 0 Å². The van der Waals surface area contributed by atoms with Gasteiger partial charge in [0.1, 0.15) is 0 Å². The molecule has 0 fully saturated rings. The number of nitrogens with zero attached hydrogens (tertiary/aromatic N) is 1. The van der Waals surface area contributed by atoms with Crippen LogP contribution in [-0.2, 0) is 14.6 Å². The Bertz CT molecular complexity index is 852. The van der Waals surface area contributed by atoms with E-state index in [1.165, 1.54) is 5.41 Å². The molecule has 1 unspecified atom stereocenters. The number of anilines is 1. The third-order valence-electron chi connectivity index (χ3n) is 3.54. The Hall–Kier alpha value is -1.99. The minimum absolute atomic E-state index is 0.0164. The second-order valence-corrected chi connectivity index (χ2v) is 8.49. The molecule has 1 aromatic carbocycles. The van der Waals surface area contributed by atoms with Gasteiger partial charge in [0, 0.05) is 34.4 Å². The average molecular weight is 348 g/mol. The number of carbonyl (C=O) groups excluding carboxylic acids is 1. The number of sulfone groups is 1. The molecule has 0 spiro atoms. The fourth-order valence-electron chi connectivity index (χ4n) is 2.44. The molecular formula is C16H16N2O3S2. The number of aryl methyl sites for hydroxylation is 1. The van der Waals surface area contributed by atoms with Crippen molar-refractivity contribution in [2.24, 2.45) is 5.92 Å². The van der Waals surface area contributed by atoms with Crippen molar-refractivity contribution in [3.8, 4) is 11.3 Å². The molecule has 0 bridgehead atoms. The number of aromatic nitrogens is 1. The van der Waals surface area contributed by atoms with Gasteiger partial charge in [-0.05, 0) is 19.1 Å². The molecule has 0 saturated heterocycles. The SMILES string of the molecule is Cc1nc(-c2ccc(NC(=O)CC3C=CS(=O)(=O)C3)cc2)cs1. The van der Waals surface area contributed by atoms with Gasteiger partial charge in [-0.3, -0.25) is 4.79 Å². The molecule has 2 heterocycles. The van der Waals surface area contributed by atoms with E-state index in [0.717, 1.165) is 16.3 Å². The van der Waals surface area contributed by atoms with Crippen molar-refractivity contribution in [1.29, 1.82) is 0 Å². The zero-order valence-corrected chi connectivity index (χ0v) is 14.2. The van der Waals surface area contributed by atoms with Crippen LogP contribution in [0.1, 0.15) is 11.4 Å². The summed E-state index contributed by atoms with van der Waals surface area (Å²) in [6, 6.07) is 7.46. The Kier molecular flexibility index (Phi) is 4.32. The maximum absolute atomic E-state index is 12.0. The van der Waals surface area contributed by atoms with Crippen LogP contribution < -0.4 is 5.32 Å². The first-order chi connectivity index (χ1) is 10.9. The number of benzene rings is 1. The number of allylic oxidation sites excluding steroid dienone is 1. The van der Waals surface area contributed by atoms with Crippen molar-refractivity contribution >= 4 is 32.8 Å². The van der Waals surface area contributed by atoms with Gasteiger partial charge in [-0.2, -0.15) is 0 Å². The normalized spacial score (nSPS) is 18.9. The predicted octanol–water partition coefficient (Wildman–Crippen LogP) is 3.01. The molecule has 1 aliphatic heterocycles. The molecule has 1 N–H and O–H groups in total. The minimum atomic E-state index is -3.11. The highest BCUT2D eigenvalue weighted by Gasteiger charge is 2.23. The lowest BCUT2D eigenvalue weighted by molar-refractivity contribution is -0.116. The highest BCUT2D eigenvalue weighted by atomic mass is 32.2. The van der Waals surface area contributed by atoms with Crippen LogP contribution >= 0.6 is 11.3 Å². The summed E-state index contributed by atoms with van der Waals surface area (Å²) in [5, 5.41) is 6.99. The summed E-state index contributed by atoms with van der Waals surface area (Å²) >= 11 is 1.60. The van der Waals surface area contributed by atoms with Gasteiger partial charge in [0.15, 0.2) is 9.84 Å². The summed E-state index contributed by atoms with van der Waals surface area (Å²) in [7, 11) is -3.11. The van der Waals surface area contributed by atoms with E-state index in [9.17, 15) is 13.2 Å². The van der Waals surface area contributed by atoms with Crippen LogP contribution in [0.25, 0.3) is 11.3 Å². The third kappa shape index (κ3) is 4.05. The Morgan fingerprint density at radius 3 is 2.65 bits per heavy atom. The van der Waals surface area contributed by atoms with Gasteiger partial charge >= 0.3 is 0 Å². The van der Waals surface area contributed by atoms with Gasteiger partial charge < -0.3 is 5.32 Å². The van der Waals surface area contributed by atoms with E-state index in [1.807, 2.05) is 36.6 Å². The number of hydrogen-bond acceptors (Lipinski definition) is 5. The largest absolute Gasteiger partial charge is 0.326 e. The number of rotatable bonds is 4. The van der Waals surface area contributed by atoms with Crippen molar-refractivity contribution in [1.82, 2.24) is 4.98 Å². The third-order valence-corrected chi connectivity index (χ3v) is 5.77. The molecule has 7 heteroatoms. The standard InChI is InChI=1S/C16H16N2O3S2/c1-11-17-15(9-22-11)13-2-4-14(5-3-13)18-16(19)8-12-6-7-23(20,21)10-12/h2-7,9,12H,8,10H2,1H3,(H,18,19). The lowest BCUT2D eigenvalue weighted by Gasteiger charge is -2.08. The maximum Gasteiger partial charge on any atom is 0.224 e. The molecule has 120 valence electrons. The Morgan fingerprint density at radius 1 is 1.35 bits per heavy atom. The van der Waals surface area contributed by atoms with Gasteiger partial charge in [0.2, 0.25) is 5.91 Å². The summed E-state index contributed by atoms with van der Waals surface area (Å²) in [5.74, 6) is -0.408. The predicted molar refractivity (Wildman–Crippen MR) is 92.0 cm³/mol. The highest BCUT2D eigenvalue weighted by Crippen LogP contribution is 2.24. The molecule has 0 radical (unpaired) electrons. The van der Waals surface area contributed by atoms with Gasteiger partial charge in [0.25, 0.3) is 0 Å². The molecule has 0 aliphatic carbocycles. The van der Waals surface area contributed by atoms with E-state index in [1.54, 1.807) is 17.4 Å². The van der Waals surface area contributed by atoms with Crippen LogP contribution in [0.2, 0.25) is 0 Å². The fraction of sp³-hybridized carbons (Fsp3) is 0.250. The summed E-state index contributed by atoms with van der Waals surface area (Å²) in [5.41, 5.74) is 2.61. The number of nitrogens with one attached hydrogen (secondary N) is 1. The van der Waals surface area contributed by atoms with Crippen LogP contribution in [0.15, 0.2) is 41.1 Å². The Labute approximate surface area is 139 Å². The van der Waals surface area contributed by atoms with Crippen LogP contribution in [0.4, 0.5) is 5.69 Å². The Morgan fingerprint density at radius 2 is 2.09 bits per heavy atom. The molecule has 5 nitrogen and oxygen atoms in total. The fourth-order valence-corrected chi connectivity index (χ4v) is 4.46. The first kappa shape index (κ1) is 15.9. The molecule has 1 aliphatic rings. The lowest BCUT2D eigenvalue weighted by Crippen LogP contribution is -2.17. The highest BCUT2D eigenvalue weighted by molar-refractivity contribution is 7.94. The maximum atomic E-state index is 12.0.